The van der Waals surface area contributed by atoms with Crippen molar-refractivity contribution in [3.8, 4) is 0 Å². The second-order valence-corrected chi connectivity index (χ2v) is 6.01. The van der Waals surface area contributed by atoms with Crippen LogP contribution < -0.4 is 11.1 Å². The Balaban J connectivity index is 1.69. The fourth-order valence-corrected chi connectivity index (χ4v) is 3.27. The Morgan fingerprint density at radius 2 is 1.53 bits per heavy atom. The highest BCUT2D eigenvalue weighted by Gasteiger charge is 2.31. The summed E-state index contributed by atoms with van der Waals surface area (Å²) >= 11 is 0. The quantitative estimate of drug-likeness (QED) is 0.748. The van der Waals surface area contributed by atoms with E-state index < -0.39 is 0 Å². The van der Waals surface area contributed by atoms with Gasteiger partial charge in [-0.2, -0.15) is 0 Å². The van der Waals surface area contributed by atoms with Crippen molar-refractivity contribution in [2.45, 2.75) is 75.8 Å². The van der Waals surface area contributed by atoms with Gasteiger partial charge in [0.05, 0.1) is 0 Å². The Labute approximate surface area is 94.0 Å². The molecule has 2 fully saturated rings. The zero-order valence-electron chi connectivity index (χ0n) is 10.1. The van der Waals surface area contributed by atoms with Gasteiger partial charge < -0.3 is 11.1 Å². The molecule has 0 heterocycles. The van der Waals surface area contributed by atoms with E-state index in [2.05, 4.69) is 12.2 Å². The molecule has 0 aromatic heterocycles. The van der Waals surface area contributed by atoms with E-state index in [-0.39, 0.29) is 5.54 Å². The molecule has 88 valence electrons. The molecule has 2 saturated carbocycles. The van der Waals surface area contributed by atoms with E-state index in [1.165, 1.54) is 57.8 Å². The molecule has 2 rings (SSSR count). The average molecular weight is 210 g/mol. The van der Waals surface area contributed by atoms with E-state index in [9.17, 15) is 0 Å². The predicted molar refractivity (Wildman–Crippen MR) is 64.9 cm³/mol. The van der Waals surface area contributed by atoms with E-state index in [0.29, 0.717) is 5.54 Å². The minimum atomic E-state index is 0.169. The van der Waals surface area contributed by atoms with Crippen LogP contribution in [0, 0.1) is 0 Å². The number of rotatable bonds is 4. The number of hydrogen-bond donors (Lipinski definition) is 2. The summed E-state index contributed by atoms with van der Waals surface area (Å²) in [4.78, 5) is 0. The van der Waals surface area contributed by atoms with Gasteiger partial charge in [-0.05, 0) is 45.6 Å². The van der Waals surface area contributed by atoms with Gasteiger partial charge in [0.2, 0.25) is 0 Å². The first-order valence-electron chi connectivity index (χ1n) is 6.66. The highest BCUT2D eigenvalue weighted by molar-refractivity contribution is 4.92. The van der Waals surface area contributed by atoms with Gasteiger partial charge in [-0.25, -0.2) is 0 Å². The lowest BCUT2D eigenvalue weighted by atomic mass is 9.93. The van der Waals surface area contributed by atoms with Gasteiger partial charge in [-0.3, -0.25) is 0 Å². The van der Waals surface area contributed by atoms with Gasteiger partial charge in [0.15, 0.2) is 0 Å². The lowest BCUT2D eigenvalue weighted by Gasteiger charge is -2.29. The van der Waals surface area contributed by atoms with Crippen molar-refractivity contribution < 1.29 is 0 Å². The first kappa shape index (κ1) is 11.4. The Kier molecular flexibility index (Phi) is 3.36. The predicted octanol–water partition coefficient (Wildman–Crippen LogP) is 2.57. The van der Waals surface area contributed by atoms with Gasteiger partial charge in [0.25, 0.3) is 0 Å². The maximum Gasteiger partial charge on any atom is 0.0166 e. The van der Waals surface area contributed by atoms with Gasteiger partial charge in [-0.1, -0.05) is 25.7 Å². The molecule has 0 unspecified atom stereocenters. The average Bonchev–Trinajstić information content (AvgIpc) is 2.76. The van der Waals surface area contributed by atoms with Crippen molar-refractivity contribution in [2.24, 2.45) is 5.73 Å². The van der Waals surface area contributed by atoms with Gasteiger partial charge in [-0.15, -0.1) is 0 Å². The molecular formula is C13H26N2. The Morgan fingerprint density at radius 1 is 1.00 bits per heavy atom. The topological polar surface area (TPSA) is 38.0 Å². The molecule has 0 radical (unpaired) electrons. The van der Waals surface area contributed by atoms with Crippen molar-refractivity contribution in [1.29, 1.82) is 0 Å². The van der Waals surface area contributed by atoms with Crippen LogP contribution in [-0.2, 0) is 0 Å². The standard InChI is InChI=1S/C13H26N2/c1-12(6-2-3-7-12)15-11-10-13(14)8-4-5-9-13/h15H,2-11,14H2,1H3. The Morgan fingerprint density at radius 3 is 2.13 bits per heavy atom. The van der Waals surface area contributed by atoms with Gasteiger partial charge >= 0.3 is 0 Å². The Bertz CT molecular complexity index is 179. The normalized spacial score (nSPS) is 28.4. The van der Waals surface area contributed by atoms with Crippen molar-refractivity contribution in [1.82, 2.24) is 5.32 Å². The van der Waals surface area contributed by atoms with Crippen LogP contribution in [0.5, 0.6) is 0 Å². The van der Waals surface area contributed by atoms with E-state index in [1.54, 1.807) is 0 Å². The summed E-state index contributed by atoms with van der Waals surface area (Å²) in [5, 5.41) is 3.73. The van der Waals surface area contributed by atoms with Crippen molar-refractivity contribution >= 4 is 0 Å². The summed E-state index contributed by atoms with van der Waals surface area (Å²) in [6.07, 6.45) is 11.8. The molecule has 2 aliphatic carbocycles. The summed E-state index contributed by atoms with van der Waals surface area (Å²) in [5.41, 5.74) is 6.94. The second kappa shape index (κ2) is 4.42. The fraction of sp³-hybridized carbons (Fsp3) is 1.00. The largest absolute Gasteiger partial charge is 0.325 e. The smallest absolute Gasteiger partial charge is 0.0166 e. The summed E-state index contributed by atoms with van der Waals surface area (Å²) < 4.78 is 0. The molecule has 0 saturated heterocycles. The molecule has 2 aliphatic rings. The molecular weight excluding hydrogens is 184 g/mol. The Hall–Kier alpha value is -0.0800. The lowest BCUT2D eigenvalue weighted by Crippen LogP contribution is -2.45. The molecule has 0 aliphatic heterocycles. The number of hydrogen-bond acceptors (Lipinski definition) is 2. The molecule has 0 amide bonds. The SMILES string of the molecule is CC1(NCCC2(N)CCCC2)CCCC1. The van der Waals surface area contributed by atoms with Gasteiger partial charge in [0.1, 0.15) is 0 Å². The third-order valence-electron chi connectivity index (χ3n) is 4.48. The third-order valence-corrected chi connectivity index (χ3v) is 4.48. The third kappa shape index (κ3) is 2.94. The van der Waals surface area contributed by atoms with E-state index in [1.807, 2.05) is 0 Å². The minimum Gasteiger partial charge on any atom is -0.325 e. The fourth-order valence-electron chi connectivity index (χ4n) is 3.27. The molecule has 0 aromatic rings. The minimum absolute atomic E-state index is 0.169. The second-order valence-electron chi connectivity index (χ2n) is 6.01. The molecule has 0 aromatic carbocycles. The summed E-state index contributed by atoms with van der Waals surface area (Å²) in [6, 6.07) is 0. The van der Waals surface area contributed by atoms with E-state index >= 15 is 0 Å². The molecule has 15 heavy (non-hydrogen) atoms. The highest BCUT2D eigenvalue weighted by atomic mass is 15.0. The van der Waals surface area contributed by atoms with Crippen molar-refractivity contribution in [3.05, 3.63) is 0 Å². The van der Waals surface area contributed by atoms with Crippen molar-refractivity contribution in [3.63, 3.8) is 0 Å². The number of nitrogens with one attached hydrogen (secondary N) is 1. The van der Waals surface area contributed by atoms with Gasteiger partial charge in [0, 0.05) is 11.1 Å². The summed E-state index contributed by atoms with van der Waals surface area (Å²) in [7, 11) is 0. The van der Waals surface area contributed by atoms with Crippen LogP contribution in [0.2, 0.25) is 0 Å². The van der Waals surface area contributed by atoms with Crippen LogP contribution in [-0.4, -0.2) is 17.6 Å². The first-order chi connectivity index (χ1) is 7.12. The molecule has 3 N–H and O–H groups in total. The zero-order valence-corrected chi connectivity index (χ0v) is 10.1. The van der Waals surface area contributed by atoms with Crippen LogP contribution in [0.4, 0.5) is 0 Å². The van der Waals surface area contributed by atoms with Crippen LogP contribution in [0.1, 0.15) is 64.7 Å². The molecule has 2 heteroatoms. The molecule has 2 nitrogen and oxygen atoms in total. The lowest BCUT2D eigenvalue weighted by molar-refractivity contribution is 0.323. The van der Waals surface area contributed by atoms with E-state index in [4.69, 9.17) is 5.73 Å². The highest BCUT2D eigenvalue weighted by Crippen LogP contribution is 2.31. The van der Waals surface area contributed by atoms with Crippen molar-refractivity contribution in [2.75, 3.05) is 6.54 Å². The summed E-state index contributed by atoms with van der Waals surface area (Å²) in [6.45, 7) is 3.49. The maximum atomic E-state index is 6.35. The van der Waals surface area contributed by atoms with Crippen LogP contribution in [0.15, 0.2) is 0 Å². The molecule has 0 spiro atoms. The monoisotopic (exact) mass is 210 g/mol. The maximum absolute atomic E-state index is 6.35. The van der Waals surface area contributed by atoms with Crippen LogP contribution >= 0.6 is 0 Å². The number of nitrogens with two attached hydrogens (primary N) is 1. The van der Waals surface area contributed by atoms with E-state index in [0.717, 1.165) is 6.54 Å². The molecule has 0 atom stereocenters. The zero-order chi connectivity index (χ0) is 10.8. The van der Waals surface area contributed by atoms with Crippen LogP contribution in [0.25, 0.3) is 0 Å². The summed E-state index contributed by atoms with van der Waals surface area (Å²) in [5.74, 6) is 0. The molecule has 0 bridgehead atoms. The van der Waals surface area contributed by atoms with Crippen LogP contribution in [0.3, 0.4) is 0 Å². The first-order valence-corrected chi connectivity index (χ1v) is 6.66.